The highest BCUT2D eigenvalue weighted by Crippen LogP contribution is 2.44. The van der Waals surface area contributed by atoms with Crippen LogP contribution in [0.15, 0.2) is 47.0 Å². The van der Waals surface area contributed by atoms with Crippen LogP contribution in [0.5, 0.6) is 0 Å². The minimum atomic E-state index is -0.804. The number of allylic oxidation sites excluding steroid dienone is 1. The first-order valence-corrected chi connectivity index (χ1v) is 9.67. The highest BCUT2D eigenvalue weighted by atomic mass is 35.5. The third-order valence-electron chi connectivity index (χ3n) is 4.44. The number of carbonyl (C=O) groups excluding carboxylic acids is 2. The molecule has 0 aromatic heterocycles. The highest BCUT2D eigenvalue weighted by Gasteiger charge is 2.42. The number of alkyl halides is 1. The number of methoxy groups -OCH3 is 1. The fourth-order valence-corrected chi connectivity index (χ4v) is 3.43. The smallest absolute Gasteiger partial charge is 0.340 e. The van der Waals surface area contributed by atoms with Crippen molar-refractivity contribution in [2.45, 2.75) is 19.8 Å². The van der Waals surface area contributed by atoms with Crippen LogP contribution in [-0.2, 0) is 23.8 Å². The van der Waals surface area contributed by atoms with E-state index in [1.54, 1.807) is 50.1 Å². The van der Waals surface area contributed by atoms with Crippen LogP contribution in [0.25, 0.3) is 0 Å². The average molecular weight is 428 g/mol. The van der Waals surface area contributed by atoms with Crippen LogP contribution in [0, 0.1) is 0 Å². The summed E-state index contributed by atoms with van der Waals surface area (Å²) in [7, 11) is 2.97. The molecule has 0 fully saturated rings. The van der Waals surface area contributed by atoms with Crippen molar-refractivity contribution < 1.29 is 23.8 Å². The molecule has 0 saturated carbocycles. The third kappa shape index (κ3) is 4.28. The van der Waals surface area contributed by atoms with Crippen molar-refractivity contribution in [2.24, 2.45) is 0 Å². The Hall–Kier alpha value is -2.18. The Balaban J connectivity index is 2.79. The van der Waals surface area contributed by atoms with Gasteiger partial charge in [-0.25, -0.2) is 9.59 Å². The van der Waals surface area contributed by atoms with Crippen LogP contribution in [0.2, 0.25) is 5.02 Å². The lowest BCUT2D eigenvalue weighted by molar-refractivity contribution is -0.139. The lowest BCUT2D eigenvalue weighted by atomic mass is 9.81. The molecule has 0 aliphatic carbocycles. The highest BCUT2D eigenvalue weighted by molar-refractivity contribution is 6.31. The number of esters is 2. The van der Waals surface area contributed by atoms with Crippen molar-refractivity contribution in [1.82, 2.24) is 4.90 Å². The van der Waals surface area contributed by atoms with E-state index in [0.29, 0.717) is 21.9 Å². The molecule has 0 amide bonds. The molecule has 1 aromatic rings. The number of hydrogen-bond donors (Lipinski definition) is 0. The van der Waals surface area contributed by atoms with Crippen LogP contribution in [0.3, 0.4) is 0 Å². The van der Waals surface area contributed by atoms with Crippen LogP contribution in [0.4, 0.5) is 0 Å². The van der Waals surface area contributed by atoms with Gasteiger partial charge in [0.1, 0.15) is 12.2 Å². The predicted molar refractivity (Wildman–Crippen MR) is 107 cm³/mol. The Morgan fingerprint density at radius 3 is 2.43 bits per heavy atom. The van der Waals surface area contributed by atoms with Crippen molar-refractivity contribution in [1.29, 1.82) is 0 Å². The molecule has 1 aliphatic rings. The summed E-state index contributed by atoms with van der Waals surface area (Å²) in [5.41, 5.74) is 1.63. The summed E-state index contributed by atoms with van der Waals surface area (Å²) >= 11 is 12.2. The summed E-state index contributed by atoms with van der Waals surface area (Å²) < 4.78 is 16.0. The Morgan fingerprint density at radius 2 is 1.86 bits per heavy atom. The van der Waals surface area contributed by atoms with E-state index in [-0.39, 0.29) is 30.5 Å². The normalized spacial score (nSPS) is 16.9. The maximum absolute atomic E-state index is 12.8. The van der Waals surface area contributed by atoms with Gasteiger partial charge in [-0.3, -0.25) is 0 Å². The fraction of sp³-hybridized carbons (Fsp3) is 0.400. The topological polar surface area (TPSA) is 65.1 Å². The zero-order chi connectivity index (χ0) is 20.8. The Kier molecular flexibility index (Phi) is 7.78. The molecule has 1 heterocycles. The lowest BCUT2D eigenvalue weighted by Gasteiger charge is -2.36. The molecule has 1 atom stereocenters. The molecule has 1 aliphatic heterocycles. The van der Waals surface area contributed by atoms with Gasteiger partial charge in [-0.15, -0.1) is 11.6 Å². The molecule has 0 saturated heterocycles. The number of carbonyl (C=O) groups is 2. The minimum absolute atomic E-state index is 0.164. The van der Waals surface area contributed by atoms with Gasteiger partial charge in [0.15, 0.2) is 0 Å². The number of ether oxygens (including phenoxy) is 3. The maximum atomic E-state index is 12.8. The summed E-state index contributed by atoms with van der Waals surface area (Å²) in [4.78, 5) is 27.2. The zero-order valence-corrected chi connectivity index (χ0v) is 17.8. The third-order valence-corrected chi connectivity index (χ3v) is 4.94. The SMILES string of the molecule is CCOC(=O)C1=C(C)N(C)C(OCCCl)=C(C(=O)OC)C1c1ccccc1Cl. The van der Waals surface area contributed by atoms with Gasteiger partial charge in [0.05, 0.1) is 31.1 Å². The van der Waals surface area contributed by atoms with Gasteiger partial charge in [0, 0.05) is 17.8 Å². The lowest BCUT2D eigenvalue weighted by Crippen LogP contribution is -2.35. The van der Waals surface area contributed by atoms with Crippen molar-refractivity contribution in [2.75, 3.05) is 33.3 Å². The Labute approximate surface area is 174 Å². The van der Waals surface area contributed by atoms with Gasteiger partial charge in [-0.05, 0) is 25.5 Å². The van der Waals surface area contributed by atoms with Crippen LogP contribution in [-0.4, -0.2) is 50.1 Å². The van der Waals surface area contributed by atoms with E-state index in [2.05, 4.69) is 0 Å². The Morgan fingerprint density at radius 1 is 1.18 bits per heavy atom. The molecule has 2 rings (SSSR count). The number of rotatable bonds is 7. The fourth-order valence-electron chi connectivity index (χ4n) is 3.11. The summed E-state index contributed by atoms with van der Waals surface area (Å²) in [6.45, 7) is 3.85. The molecule has 1 unspecified atom stereocenters. The van der Waals surface area contributed by atoms with E-state index in [1.807, 2.05) is 0 Å². The predicted octanol–water partition coefficient (Wildman–Crippen LogP) is 3.85. The quantitative estimate of drug-likeness (QED) is 0.486. The van der Waals surface area contributed by atoms with Crippen molar-refractivity contribution in [3.8, 4) is 0 Å². The molecule has 0 radical (unpaired) electrons. The zero-order valence-electron chi connectivity index (χ0n) is 16.3. The molecular weight excluding hydrogens is 405 g/mol. The largest absolute Gasteiger partial charge is 0.477 e. The van der Waals surface area contributed by atoms with Crippen molar-refractivity contribution in [3.63, 3.8) is 0 Å². The molecule has 8 heteroatoms. The number of benzene rings is 1. The molecule has 0 bridgehead atoms. The maximum Gasteiger partial charge on any atom is 0.340 e. The first kappa shape index (κ1) is 22.1. The van der Waals surface area contributed by atoms with Gasteiger partial charge in [0.2, 0.25) is 5.88 Å². The van der Waals surface area contributed by atoms with Crippen molar-refractivity contribution >= 4 is 35.1 Å². The van der Waals surface area contributed by atoms with Crippen molar-refractivity contribution in [3.05, 3.63) is 57.6 Å². The second-order valence-corrected chi connectivity index (χ2v) is 6.77. The van der Waals surface area contributed by atoms with Gasteiger partial charge in [-0.1, -0.05) is 29.8 Å². The van der Waals surface area contributed by atoms with E-state index in [4.69, 9.17) is 37.4 Å². The van der Waals surface area contributed by atoms with E-state index >= 15 is 0 Å². The van der Waals surface area contributed by atoms with E-state index in [0.717, 1.165) is 0 Å². The summed E-state index contributed by atoms with van der Waals surface area (Å²) in [5.74, 6) is -1.47. The van der Waals surface area contributed by atoms with Gasteiger partial charge >= 0.3 is 11.9 Å². The number of halogens is 2. The molecule has 0 N–H and O–H groups in total. The van der Waals surface area contributed by atoms with Crippen LogP contribution in [0.1, 0.15) is 25.3 Å². The molecule has 1 aromatic carbocycles. The molecule has 6 nitrogen and oxygen atoms in total. The van der Waals surface area contributed by atoms with Gasteiger partial charge in [0.25, 0.3) is 0 Å². The van der Waals surface area contributed by atoms with E-state index in [9.17, 15) is 9.59 Å². The summed E-state index contributed by atoms with van der Waals surface area (Å²) in [6, 6.07) is 7.01. The first-order chi connectivity index (χ1) is 13.4. The summed E-state index contributed by atoms with van der Waals surface area (Å²) in [5, 5.41) is 0.407. The monoisotopic (exact) mass is 427 g/mol. The first-order valence-electron chi connectivity index (χ1n) is 8.76. The van der Waals surface area contributed by atoms with E-state index < -0.39 is 17.9 Å². The molecular formula is C20H23Cl2NO5. The minimum Gasteiger partial charge on any atom is -0.477 e. The van der Waals surface area contributed by atoms with Gasteiger partial charge in [-0.2, -0.15) is 0 Å². The number of hydrogen-bond acceptors (Lipinski definition) is 6. The second kappa shape index (κ2) is 9.85. The van der Waals surface area contributed by atoms with E-state index in [1.165, 1.54) is 7.11 Å². The summed E-state index contributed by atoms with van der Waals surface area (Å²) in [6.07, 6.45) is 0. The second-order valence-electron chi connectivity index (χ2n) is 5.98. The standard InChI is InChI=1S/C20H23Cl2NO5/c1-5-27-20(25)15-12(2)23(3)18(28-11-10-21)17(19(24)26-4)16(15)13-8-6-7-9-14(13)22/h6-9,16H,5,10-11H2,1-4H3. The Bertz CT molecular complexity index is 819. The van der Waals surface area contributed by atoms with Crippen LogP contribution < -0.4 is 0 Å². The van der Waals surface area contributed by atoms with Crippen LogP contribution >= 0.6 is 23.2 Å². The molecule has 152 valence electrons. The number of nitrogens with zero attached hydrogens (tertiary/aromatic N) is 1. The average Bonchev–Trinajstić information content (AvgIpc) is 2.68. The molecule has 28 heavy (non-hydrogen) atoms. The molecule has 0 spiro atoms. The van der Waals surface area contributed by atoms with Gasteiger partial charge < -0.3 is 19.1 Å².